The summed E-state index contributed by atoms with van der Waals surface area (Å²) in [5.41, 5.74) is 6.94. The maximum absolute atomic E-state index is 4.68. The Hall–Kier alpha value is -2.87. The number of H-pyrrole nitrogens is 1. The van der Waals surface area contributed by atoms with E-state index in [9.17, 15) is 0 Å². The molecule has 1 aromatic heterocycles. The lowest BCUT2D eigenvalue weighted by molar-refractivity contribution is 1.33. The molecule has 0 saturated heterocycles. The summed E-state index contributed by atoms with van der Waals surface area (Å²) in [5.74, 6) is 0.914. The number of hydrogen-bond acceptors (Lipinski definition) is 1. The molecule has 0 aliphatic rings. The van der Waals surface area contributed by atoms with Gasteiger partial charge in [-0.1, -0.05) is 54.6 Å². The Labute approximate surface area is 129 Å². The van der Waals surface area contributed by atoms with Gasteiger partial charge in [0.05, 0.1) is 11.0 Å². The molecule has 0 saturated carbocycles. The first-order valence-electron chi connectivity index (χ1n) is 7.42. The predicted molar refractivity (Wildman–Crippen MR) is 91.7 cm³/mol. The van der Waals surface area contributed by atoms with Crippen LogP contribution in [0.2, 0.25) is 0 Å². The normalized spacial score (nSPS) is 11.0. The first-order valence-corrected chi connectivity index (χ1v) is 7.42. The zero-order valence-corrected chi connectivity index (χ0v) is 12.4. The number of hydrogen-bond donors (Lipinski definition) is 1. The van der Waals surface area contributed by atoms with Crippen molar-refractivity contribution < 1.29 is 0 Å². The highest BCUT2D eigenvalue weighted by molar-refractivity contribution is 5.80. The predicted octanol–water partition coefficient (Wildman–Crippen LogP) is 5.21. The van der Waals surface area contributed by atoms with Gasteiger partial charge >= 0.3 is 0 Å². The van der Waals surface area contributed by atoms with Gasteiger partial charge in [-0.3, -0.25) is 0 Å². The van der Waals surface area contributed by atoms with E-state index in [2.05, 4.69) is 71.5 Å². The lowest BCUT2D eigenvalue weighted by atomic mass is 9.99. The average molecular weight is 284 g/mol. The molecule has 0 unspecified atom stereocenters. The van der Waals surface area contributed by atoms with Gasteiger partial charge in [0.2, 0.25) is 0 Å². The third-order valence-electron chi connectivity index (χ3n) is 3.98. The number of para-hydroxylation sites is 2. The van der Waals surface area contributed by atoms with Gasteiger partial charge in [-0.15, -0.1) is 0 Å². The highest BCUT2D eigenvalue weighted by atomic mass is 14.9. The summed E-state index contributed by atoms with van der Waals surface area (Å²) in [7, 11) is 0. The van der Waals surface area contributed by atoms with Crippen LogP contribution in [0.25, 0.3) is 33.5 Å². The smallest absolute Gasteiger partial charge is 0.138 e. The SMILES string of the molecule is Cc1ccccc1-c1cccc(-c2nc3ccccc3[nH]2)c1. The molecular weight excluding hydrogens is 268 g/mol. The van der Waals surface area contributed by atoms with E-state index in [4.69, 9.17) is 0 Å². The molecule has 2 nitrogen and oxygen atoms in total. The van der Waals surface area contributed by atoms with Crippen LogP contribution in [0.4, 0.5) is 0 Å². The molecule has 0 spiro atoms. The Balaban J connectivity index is 1.83. The molecule has 0 fully saturated rings. The summed E-state index contributed by atoms with van der Waals surface area (Å²) >= 11 is 0. The fourth-order valence-corrected chi connectivity index (χ4v) is 2.82. The molecule has 1 N–H and O–H groups in total. The van der Waals surface area contributed by atoms with E-state index in [0.717, 1.165) is 22.4 Å². The topological polar surface area (TPSA) is 28.7 Å². The number of aromatic amines is 1. The summed E-state index contributed by atoms with van der Waals surface area (Å²) in [6.07, 6.45) is 0. The first kappa shape index (κ1) is 12.8. The minimum atomic E-state index is 0.914. The Morgan fingerprint density at radius 2 is 1.55 bits per heavy atom. The molecule has 106 valence electrons. The minimum Gasteiger partial charge on any atom is -0.338 e. The Morgan fingerprint density at radius 3 is 2.41 bits per heavy atom. The van der Waals surface area contributed by atoms with Crippen molar-refractivity contribution >= 4 is 11.0 Å². The number of benzene rings is 3. The van der Waals surface area contributed by atoms with Crippen LogP contribution < -0.4 is 0 Å². The third-order valence-corrected chi connectivity index (χ3v) is 3.98. The summed E-state index contributed by atoms with van der Waals surface area (Å²) in [6, 6.07) is 25.1. The van der Waals surface area contributed by atoms with E-state index < -0.39 is 0 Å². The van der Waals surface area contributed by atoms with Crippen LogP contribution in [0.1, 0.15) is 5.56 Å². The van der Waals surface area contributed by atoms with Crippen LogP contribution in [-0.2, 0) is 0 Å². The Morgan fingerprint density at radius 1 is 0.773 bits per heavy atom. The van der Waals surface area contributed by atoms with E-state index in [0.29, 0.717) is 0 Å². The molecule has 1 heterocycles. The zero-order chi connectivity index (χ0) is 14.9. The second kappa shape index (κ2) is 5.15. The molecule has 0 radical (unpaired) electrons. The number of nitrogens with one attached hydrogen (secondary N) is 1. The largest absolute Gasteiger partial charge is 0.338 e. The molecular formula is C20H16N2. The van der Waals surface area contributed by atoms with Crippen LogP contribution >= 0.6 is 0 Å². The molecule has 0 atom stereocenters. The molecule has 22 heavy (non-hydrogen) atoms. The number of aryl methyl sites for hydroxylation is 1. The third kappa shape index (κ3) is 2.19. The molecule has 2 heteroatoms. The van der Waals surface area contributed by atoms with Crippen molar-refractivity contribution in [3.8, 4) is 22.5 Å². The lowest BCUT2D eigenvalue weighted by Gasteiger charge is -2.07. The minimum absolute atomic E-state index is 0.914. The van der Waals surface area contributed by atoms with Crippen LogP contribution in [0.5, 0.6) is 0 Å². The summed E-state index contributed by atoms with van der Waals surface area (Å²) in [6.45, 7) is 2.14. The van der Waals surface area contributed by atoms with Gasteiger partial charge in [-0.25, -0.2) is 4.98 Å². The molecule has 0 bridgehead atoms. The maximum Gasteiger partial charge on any atom is 0.138 e. The number of nitrogens with zero attached hydrogens (tertiary/aromatic N) is 1. The van der Waals surface area contributed by atoms with Crippen LogP contribution in [0.3, 0.4) is 0 Å². The van der Waals surface area contributed by atoms with Gasteiger partial charge in [0.15, 0.2) is 0 Å². The molecule has 4 aromatic rings. The van der Waals surface area contributed by atoms with E-state index >= 15 is 0 Å². The summed E-state index contributed by atoms with van der Waals surface area (Å²) in [4.78, 5) is 8.08. The molecule has 3 aromatic carbocycles. The van der Waals surface area contributed by atoms with E-state index in [1.165, 1.54) is 16.7 Å². The van der Waals surface area contributed by atoms with Gasteiger partial charge in [0.25, 0.3) is 0 Å². The number of imidazole rings is 1. The van der Waals surface area contributed by atoms with Gasteiger partial charge in [0, 0.05) is 5.56 Å². The van der Waals surface area contributed by atoms with Crippen LogP contribution in [0, 0.1) is 6.92 Å². The van der Waals surface area contributed by atoms with Crippen molar-refractivity contribution in [2.24, 2.45) is 0 Å². The lowest BCUT2D eigenvalue weighted by Crippen LogP contribution is -1.85. The Kier molecular flexibility index (Phi) is 3.01. The fourth-order valence-electron chi connectivity index (χ4n) is 2.82. The standard InChI is InChI=1S/C20H16N2/c1-14-7-2-3-10-17(14)15-8-6-9-16(13-15)20-21-18-11-4-5-12-19(18)22-20/h2-13H,1H3,(H,21,22). The van der Waals surface area contributed by atoms with Crippen molar-refractivity contribution in [3.05, 3.63) is 78.4 Å². The van der Waals surface area contributed by atoms with Crippen LogP contribution in [-0.4, -0.2) is 9.97 Å². The van der Waals surface area contributed by atoms with Gasteiger partial charge in [-0.2, -0.15) is 0 Å². The second-order valence-corrected chi connectivity index (χ2v) is 5.50. The van der Waals surface area contributed by atoms with Crippen molar-refractivity contribution in [1.82, 2.24) is 9.97 Å². The highest BCUT2D eigenvalue weighted by Gasteiger charge is 2.07. The van der Waals surface area contributed by atoms with Gasteiger partial charge < -0.3 is 4.98 Å². The molecule has 4 rings (SSSR count). The van der Waals surface area contributed by atoms with E-state index in [-0.39, 0.29) is 0 Å². The van der Waals surface area contributed by atoms with Crippen molar-refractivity contribution in [2.45, 2.75) is 6.92 Å². The number of rotatable bonds is 2. The maximum atomic E-state index is 4.68. The van der Waals surface area contributed by atoms with Crippen molar-refractivity contribution in [1.29, 1.82) is 0 Å². The zero-order valence-electron chi connectivity index (χ0n) is 12.4. The number of aromatic nitrogens is 2. The van der Waals surface area contributed by atoms with Crippen molar-refractivity contribution in [3.63, 3.8) is 0 Å². The molecule has 0 aliphatic carbocycles. The monoisotopic (exact) mass is 284 g/mol. The Bertz CT molecular complexity index is 918. The first-order chi connectivity index (χ1) is 10.8. The number of fused-ring (bicyclic) bond motifs is 1. The second-order valence-electron chi connectivity index (χ2n) is 5.50. The van der Waals surface area contributed by atoms with Gasteiger partial charge in [-0.05, 0) is 41.8 Å². The van der Waals surface area contributed by atoms with Crippen molar-refractivity contribution in [2.75, 3.05) is 0 Å². The van der Waals surface area contributed by atoms with E-state index in [1.807, 2.05) is 18.2 Å². The quantitative estimate of drug-likeness (QED) is 0.538. The highest BCUT2D eigenvalue weighted by Crippen LogP contribution is 2.28. The van der Waals surface area contributed by atoms with Gasteiger partial charge in [0.1, 0.15) is 5.82 Å². The van der Waals surface area contributed by atoms with E-state index in [1.54, 1.807) is 0 Å². The summed E-state index contributed by atoms with van der Waals surface area (Å²) < 4.78 is 0. The molecule has 0 aliphatic heterocycles. The van der Waals surface area contributed by atoms with Crippen LogP contribution in [0.15, 0.2) is 72.8 Å². The fraction of sp³-hybridized carbons (Fsp3) is 0.0500. The average Bonchev–Trinajstić information content (AvgIpc) is 2.99. The molecule has 0 amide bonds. The summed E-state index contributed by atoms with van der Waals surface area (Å²) in [5, 5.41) is 0.